The first-order chi connectivity index (χ1) is 22.2. The van der Waals surface area contributed by atoms with Gasteiger partial charge in [-0.3, -0.25) is 9.78 Å². The van der Waals surface area contributed by atoms with Crippen LogP contribution in [0.15, 0.2) is 88.9 Å². The highest BCUT2D eigenvalue weighted by Crippen LogP contribution is 2.51. The van der Waals surface area contributed by atoms with Crippen molar-refractivity contribution in [2.75, 3.05) is 37.6 Å². The van der Waals surface area contributed by atoms with E-state index in [1.807, 2.05) is 44.2 Å². The molecule has 0 spiro atoms. The smallest absolute Gasteiger partial charge is 0.308 e. The molecule has 6 rings (SSSR count). The third-order valence-electron chi connectivity index (χ3n) is 10.4. The fraction of sp³-hybridized carbons (Fsp3) is 0.486. The third kappa shape index (κ3) is 6.30. The molecule has 1 aliphatic carbocycles. The van der Waals surface area contributed by atoms with Gasteiger partial charge in [-0.05, 0) is 93.1 Å². The number of piperidine rings is 1. The SMILES string of the molecule is CC(C)C(=O)OC1CCCC1C(C#N)(c1ccccc1)C1CCN(CC2CN(c3ccc(S(=O)(=O)c4ccncc4)cc3)C2)CC1. The predicted molar refractivity (Wildman–Crippen MR) is 177 cm³/mol. The first-order valence-electron chi connectivity index (χ1n) is 16.6. The Labute approximate surface area is 273 Å². The van der Waals surface area contributed by atoms with E-state index in [0.717, 1.165) is 76.1 Å². The average Bonchev–Trinajstić information content (AvgIpc) is 3.53. The summed E-state index contributed by atoms with van der Waals surface area (Å²) in [4.78, 5) is 21.9. The number of esters is 1. The molecular weight excluding hydrogens is 596 g/mol. The van der Waals surface area contributed by atoms with Gasteiger partial charge in [0.25, 0.3) is 0 Å². The summed E-state index contributed by atoms with van der Waals surface area (Å²) in [6.07, 6.45) is 7.32. The fourth-order valence-corrected chi connectivity index (χ4v) is 9.15. The lowest BCUT2D eigenvalue weighted by Crippen LogP contribution is -2.54. The first kappa shape index (κ1) is 32.2. The number of anilines is 1. The quantitative estimate of drug-likeness (QED) is 0.253. The van der Waals surface area contributed by atoms with E-state index >= 15 is 0 Å². The number of aromatic nitrogens is 1. The molecule has 2 saturated heterocycles. The van der Waals surface area contributed by atoms with Crippen LogP contribution in [0.1, 0.15) is 51.5 Å². The van der Waals surface area contributed by atoms with Crippen molar-refractivity contribution in [1.29, 1.82) is 5.26 Å². The van der Waals surface area contributed by atoms with Crippen LogP contribution < -0.4 is 4.90 Å². The Morgan fingerprint density at radius 3 is 2.24 bits per heavy atom. The molecule has 1 aromatic heterocycles. The monoisotopic (exact) mass is 640 g/mol. The number of pyridine rings is 1. The van der Waals surface area contributed by atoms with Gasteiger partial charge in [0.15, 0.2) is 0 Å². The molecular formula is C37H44N4O4S. The van der Waals surface area contributed by atoms with Crippen molar-refractivity contribution in [3.05, 3.63) is 84.7 Å². The van der Waals surface area contributed by atoms with Crippen molar-refractivity contribution in [2.45, 2.75) is 67.3 Å². The van der Waals surface area contributed by atoms with Gasteiger partial charge in [0.2, 0.25) is 9.84 Å². The van der Waals surface area contributed by atoms with Crippen molar-refractivity contribution >= 4 is 21.5 Å². The summed E-state index contributed by atoms with van der Waals surface area (Å²) in [5.74, 6) is 0.367. The minimum Gasteiger partial charge on any atom is -0.462 e. The molecule has 0 radical (unpaired) electrons. The molecule has 3 fully saturated rings. The van der Waals surface area contributed by atoms with Gasteiger partial charge >= 0.3 is 5.97 Å². The number of carbonyl (C=O) groups is 1. The second kappa shape index (κ2) is 13.5. The molecule has 0 N–H and O–H groups in total. The number of hydrogen-bond donors (Lipinski definition) is 0. The minimum atomic E-state index is -3.56. The van der Waals surface area contributed by atoms with E-state index in [9.17, 15) is 18.5 Å². The average molecular weight is 641 g/mol. The summed E-state index contributed by atoms with van der Waals surface area (Å²) in [5, 5.41) is 11.0. The molecule has 3 heterocycles. The molecule has 8 nitrogen and oxygen atoms in total. The molecule has 3 aliphatic rings. The highest BCUT2D eigenvalue weighted by atomic mass is 32.2. The van der Waals surface area contributed by atoms with Gasteiger partial charge in [-0.1, -0.05) is 44.2 Å². The van der Waals surface area contributed by atoms with E-state index in [-0.39, 0.29) is 39.6 Å². The summed E-state index contributed by atoms with van der Waals surface area (Å²) in [7, 11) is -3.56. The van der Waals surface area contributed by atoms with Crippen molar-refractivity contribution in [1.82, 2.24) is 9.88 Å². The predicted octanol–water partition coefficient (Wildman–Crippen LogP) is 5.89. The number of benzene rings is 2. The Morgan fingerprint density at radius 1 is 0.957 bits per heavy atom. The molecule has 46 heavy (non-hydrogen) atoms. The van der Waals surface area contributed by atoms with Crippen LogP contribution in [0, 0.1) is 35.0 Å². The largest absolute Gasteiger partial charge is 0.462 e. The Bertz CT molecular complexity index is 1630. The Morgan fingerprint density at radius 2 is 1.61 bits per heavy atom. The molecule has 3 aromatic rings. The number of sulfone groups is 1. The molecule has 2 aromatic carbocycles. The van der Waals surface area contributed by atoms with Crippen molar-refractivity contribution in [2.24, 2.45) is 23.7 Å². The number of nitriles is 1. The van der Waals surface area contributed by atoms with E-state index in [2.05, 4.69) is 33.0 Å². The summed E-state index contributed by atoms with van der Waals surface area (Å²) in [5.41, 5.74) is 1.41. The second-order valence-corrected chi connectivity index (χ2v) is 15.5. The Balaban J connectivity index is 1.07. The topological polar surface area (TPSA) is 104 Å². The van der Waals surface area contributed by atoms with E-state index < -0.39 is 15.3 Å². The molecule has 9 heteroatoms. The zero-order chi connectivity index (χ0) is 32.3. The number of hydrogen-bond acceptors (Lipinski definition) is 8. The van der Waals surface area contributed by atoms with Crippen molar-refractivity contribution in [3.8, 4) is 6.07 Å². The van der Waals surface area contributed by atoms with Gasteiger partial charge in [0.05, 0.1) is 27.2 Å². The maximum absolute atomic E-state index is 12.9. The van der Waals surface area contributed by atoms with Crippen LogP contribution in [0.5, 0.6) is 0 Å². The first-order valence-corrected chi connectivity index (χ1v) is 18.1. The third-order valence-corrected chi connectivity index (χ3v) is 12.2. The van der Waals surface area contributed by atoms with Crippen LogP contribution in [-0.4, -0.2) is 63.1 Å². The van der Waals surface area contributed by atoms with Crippen molar-refractivity contribution < 1.29 is 17.9 Å². The van der Waals surface area contributed by atoms with E-state index in [1.54, 1.807) is 12.1 Å². The van der Waals surface area contributed by atoms with Crippen LogP contribution >= 0.6 is 0 Å². The molecule has 242 valence electrons. The normalized spacial score (nSPS) is 22.6. The van der Waals surface area contributed by atoms with Crippen LogP contribution in [0.2, 0.25) is 0 Å². The van der Waals surface area contributed by atoms with Gasteiger partial charge in [-0.2, -0.15) is 5.26 Å². The number of ether oxygens (including phenoxy) is 1. The Kier molecular flexibility index (Phi) is 9.49. The number of likely N-dealkylation sites (tertiary alicyclic amines) is 1. The fourth-order valence-electron chi connectivity index (χ4n) is 7.90. The van der Waals surface area contributed by atoms with Crippen LogP contribution in [0.3, 0.4) is 0 Å². The maximum atomic E-state index is 12.9. The van der Waals surface area contributed by atoms with Crippen LogP contribution in [0.4, 0.5) is 5.69 Å². The van der Waals surface area contributed by atoms with E-state index in [4.69, 9.17) is 4.74 Å². The summed E-state index contributed by atoms with van der Waals surface area (Å²) in [6.45, 7) is 8.52. The molecule has 1 saturated carbocycles. The lowest BCUT2D eigenvalue weighted by atomic mass is 9.59. The maximum Gasteiger partial charge on any atom is 0.308 e. The van der Waals surface area contributed by atoms with Crippen LogP contribution in [0.25, 0.3) is 0 Å². The highest BCUT2D eigenvalue weighted by molar-refractivity contribution is 7.91. The van der Waals surface area contributed by atoms with Gasteiger partial charge in [0, 0.05) is 49.6 Å². The molecule has 0 bridgehead atoms. The lowest BCUT2D eigenvalue weighted by molar-refractivity contribution is -0.156. The van der Waals surface area contributed by atoms with E-state index in [1.165, 1.54) is 24.5 Å². The molecule has 2 aliphatic heterocycles. The zero-order valence-corrected chi connectivity index (χ0v) is 27.6. The zero-order valence-electron chi connectivity index (χ0n) is 26.8. The molecule has 0 amide bonds. The molecule has 3 unspecified atom stereocenters. The van der Waals surface area contributed by atoms with Gasteiger partial charge in [-0.25, -0.2) is 8.42 Å². The second-order valence-electron chi connectivity index (χ2n) is 13.5. The lowest BCUT2D eigenvalue weighted by Gasteiger charge is -2.48. The number of rotatable bonds is 10. The minimum absolute atomic E-state index is 0.00887. The molecule has 3 atom stereocenters. The Hall–Kier alpha value is -3.74. The summed E-state index contributed by atoms with van der Waals surface area (Å²) >= 11 is 0. The number of carbonyl (C=O) groups excluding carboxylic acids is 1. The van der Waals surface area contributed by atoms with Gasteiger partial charge < -0.3 is 14.5 Å². The standard InChI is InChI=1S/C37H44N4O4S/c1-27(2)36(42)45-35-10-6-9-34(35)37(26-38,29-7-4-3-5-8-29)30-17-21-40(22-18-30)23-28-24-41(25-28)31-11-13-32(14-12-31)46(43,44)33-15-19-39-20-16-33/h3-5,7-8,11-16,19-20,27-28,30,34-35H,6,9-10,17-18,21-25H2,1-2H3. The van der Waals surface area contributed by atoms with Crippen LogP contribution in [-0.2, 0) is 24.8 Å². The van der Waals surface area contributed by atoms with E-state index in [0.29, 0.717) is 5.92 Å². The summed E-state index contributed by atoms with van der Waals surface area (Å²) in [6, 6.07) is 23.3. The summed E-state index contributed by atoms with van der Waals surface area (Å²) < 4.78 is 31.9. The van der Waals surface area contributed by atoms with Gasteiger partial charge in [0.1, 0.15) is 6.10 Å². The van der Waals surface area contributed by atoms with Gasteiger partial charge in [-0.15, -0.1) is 0 Å². The highest BCUT2D eigenvalue weighted by Gasteiger charge is 2.53. The van der Waals surface area contributed by atoms with Crippen molar-refractivity contribution in [3.63, 3.8) is 0 Å². The number of nitrogens with zero attached hydrogens (tertiary/aromatic N) is 4.